The van der Waals surface area contributed by atoms with E-state index in [2.05, 4.69) is 0 Å². The van der Waals surface area contributed by atoms with Gasteiger partial charge in [-0.1, -0.05) is 23.7 Å². The van der Waals surface area contributed by atoms with Crippen molar-refractivity contribution in [1.29, 1.82) is 5.41 Å². The van der Waals surface area contributed by atoms with Crippen LogP contribution in [0.4, 0.5) is 0 Å². The minimum absolute atomic E-state index is 0.0272. The van der Waals surface area contributed by atoms with Crippen molar-refractivity contribution in [1.82, 2.24) is 4.90 Å². The summed E-state index contributed by atoms with van der Waals surface area (Å²) in [6, 6.07) is 6.54. The summed E-state index contributed by atoms with van der Waals surface area (Å²) in [5.74, 6) is 1.60. The van der Waals surface area contributed by atoms with Gasteiger partial charge in [0, 0.05) is 23.7 Å². The summed E-state index contributed by atoms with van der Waals surface area (Å²) in [4.78, 5) is 13.7. The first kappa shape index (κ1) is 16.1. The van der Waals surface area contributed by atoms with E-state index in [1.807, 2.05) is 12.1 Å². The van der Waals surface area contributed by atoms with Crippen LogP contribution in [0.2, 0.25) is 5.02 Å². The summed E-state index contributed by atoms with van der Waals surface area (Å²) in [6.07, 6.45) is 0.334. The molecule has 7 heteroatoms. The van der Waals surface area contributed by atoms with Crippen LogP contribution < -0.4 is 5.73 Å². The van der Waals surface area contributed by atoms with E-state index in [0.29, 0.717) is 17.3 Å². The molecule has 0 spiro atoms. The van der Waals surface area contributed by atoms with Crippen LogP contribution in [0.3, 0.4) is 0 Å². The quantitative estimate of drug-likeness (QED) is 0.637. The van der Waals surface area contributed by atoms with Crippen LogP contribution in [-0.2, 0) is 16.0 Å². The molecule has 0 unspecified atom stereocenters. The average Bonchev–Trinajstić information content (AvgIpc) is 2.98. The molecular formula is C14H18ClN3O2S. The standard InChI is InChI=1S/C14H18ClN3O2S/c15-11-3-1-2-10(6-11)7-13(17)20-8-12(16)14(19)18-4-5-21-9-18/h1-3,6,12,17H,4-5,7-9,16H2/t12-/m1/s1. The molecule has 21 heavy (non-hydrogen) atoms. The largest absolute Gasteiger partial charge is 0.479 e. The van der Waals surface area contributed by atoms with Gasteiger partial charge < -0.3 is 15.4 Å². The van der Waals surface area contributed by atoms with Crippen molar-refractivity contribution in [2.75, 3.05) is 24.8 Å². The number of rotatable bonds is 5. The fourth-order valence-corrected chi connectivity index (χ4v) is 3.14. The molecule has 1 aromatic rings. The number of carbonyl (C=O) groups excluding carboxylic acids is 1. The summed E-state index contributed by atoms with van der Waals surface area (Å²) >= 11 is 7.60. The van der Waals surface area contributed by atoms with Crippen molar-refractivity contribution >= 4 is 35.2 Å². The zero-order valence-electron chi connectivity index (χ0n) is 11.5. The van der Waals surface area contributed by atoms with Gasteiger partial charge in [0.05, 0.1) is 5.88 Å². The zero-order valence-corrected chi connectivity index (χ0v) is 13.1. The van der Waals surface area contributed by atoms with Gasteiger partial charge in [0.15, 0.2) is 5.90 Å². The van der Waals surface area contributed by atoms with Gasteiger partial charge in [0.25, 0.3) is 0 Å². The maximum Gasteiger partial charge on any atom is 0.243 e. The highest BCUT2D eigenvalue weighted by Gasteiger charge is 2.24. The molecule has 1 saturated heterocycles. The number of carbonyl (C=O) groups is 1. The molecule has 1 fully saturated rings. The number of nitrogens with one attached hydrogen (secondary N) is 1. The SMILES string of the molecule is N=C(Cc1cccc(Cl)c1)OC[C@@H](N)C(=O)N1CCSC1. The monoisotopic (exact) mass is 327 g/mol. The molecule has 5 nitrogen and oxygen atoms in total. The van der Waals surface area contributed by atoms with Gasteiger partial charge >= 0.3 is 0 Å². The van der Waals surface area contributed by atoms with Crippen LogP contribution in [0, 0.1) is 5.41 Å². The van der Waals surface area contributed by atoms with Crippen LogP contribution in [0.1, 0.15) is 5.56 Å². The highest BCUT2D eigenvalue weighted by atomic mass is 35.5. The summed E-state index contributed by atoms with van der Waals surface area (Å²) in [7, 11) is 0. The van der Waals surface area contributed by atoms with Crippen molar-refractivity contribution in [3.63, 3.8) is 0 Å². The number of nitrogens with zero attached hydrogens (tertiary/aromatic N) is 1. The number of amides is 1. The Morgan fingerprint density at radius 1 is 1.57 bits per heavy atom. The highest BCUT2D eigenvalue weighted by Crippen LogP contribution is 2.14. The fourth-order valence-electron chi connectivity index (χ4n) is 1.97. The topological polar surface area (TPSA) is 79.4 Å². The summed E-state index contributed by atoms with van der Waals surface area (Å²) < 4.78 is 5.29. The summed E-state index contributed by atoms with van der Waals surface area (Å²) in [6.45, 7) is 0.760. The Bertz CT molecular complexity index is 521. The van der Waals surface area contributed by atoms with E-state index in [1.165, 1.54) is 0 Å². The van der Waals surface area contributed by atoms with Gasteiger partial charge in [-0.2, -0.15) is 0 Å². The number of halogens is 1. The number of hydrogen-bond acceptors (Lipinski definition) is 5. The second kappa shape index (κ2) is 7.68. The third-order valence-electron chi connectivity index (χ3n) is 3.07. The van der Waals surface area contributed by atoms with Crippen molar-refractivity contribution in [2.45, 2.75) is 12.5 Å². The molecule has 1 aliphatic heterocycles. The molecule has 0 aromatic heterocycles. The van der Waals surface area contributed by atoms with Crippen LogP contribution >= 0.6 is 23.4 Å². The van der Waals surface area contributed by atoms with E-state index in [-0.39, 0.29) is 18.4 Å². The van der Waals surface area contributed by atoms with Crippen molar-refractivity contribution in [3.05, 3.63) is 34.9 Å². The lowest BCUT2D eigenvalue weighted by Gasteiger charge is -2.19. The molecule has 3 N–H and O–H groups in total. The lowest BCUT2D eigenvalue weighted by atomic mass is 10.1. The van der Waals surface area contributed by atoms with E-state index in [4.69, 9.17) is 27.5 Å². The van der Waals surface area contributed by atoms with Gasteiger partial charge in [-0.25, -0.2) is 0 Å². The maximum absolute atomic E-state index is 12.0. The first-order chi connectivity index (χ1) is 10.1. The van der Waals surface area contributed by atoms with E-state index < -0.39 is 6.04 Å². The molecule has 1 aromatic carbocycles. The molecule has 0 aliphatic carbocycles. The smallest absolute Gasteiger partial charge is 0.243 e. The van der Waals surface area contributed by atoms with Crippen LogP contribution in [0.5, 0.6) is 0 Å². The first-order valence-electron chi connectivity index (χ1n) is 6.63. The van der Waals surface area contributed by atoms with Gasteiger partial charge in [0.1, 0.15) is 12.6 Å². The molecule has 1 atom stereocenters. The Labute approximate surface area is 133 Å². The minimum atomic E-state index is -0.719. The lowest BCUT2D eigenvalue weighted by Crippen LogP contribution is -2.45. The second-order valence-electron chi connectivity index (χ2n) is 4.79. The number of hydrogen-bond donors (Lipinski definition) is 2. The Balaban J connectivity index is 1.76. The molecule has 1 heterocycles. The van der Waals surface area contributed by atoms with Gasteiger partial charge in [-0.05, 0) is 17.7 Å². The summed E-state index contributed by atoms with van der Waals surface area (Å²) in [5, 5.41) is 8.41. The molecule has 2 rings (SSSR count). The maximum atomic E-state index is 12.0. The Morgan fingerprint density at radius 2 is 2.38 bits per heavy atom. The highest BCUT2D eigenvalue weighted by molar-refractivity contribution is 7.99. The van der Waals surface area contributed by atoms with E-state index in [9.17, 15) is 4.79 Å². The average molecular weight is 328 g/mol. The second-order valence-corrected chi connectivity index (χ2v) is 6.30. The molecule has 1 aliphatic rings. The van der Waals surface area contributed by atoms with E-state index in [0.717, 1.165) is 17.9 Å². The van der Waals surface area contributed by atoms with Gasteiger partial charge in [0.2, 0.25) is 5.91 Å². The number of nitrogens with two attached hydrogens (primary N) is 1. The lowest BCUT2D eigenvalue weighted by molar-refractivity contribution is -0.131. The first-order valence-corrected chi connectivity index (χ1v) is 8.16. The van der Waals surface area contributed by atoms with Gasteiger partial charge in [-0.15, -0.1) is 11.8 Å². The minimum Gasteiger partial charge on any atom is -0.479 e. The Morgan fingerprint density at radius 3 is 3.05 bits per heavy atom. The molecule has 0 bridgehead atoms. The Kier molecular flexibility index (Phi) is 5.90. The van der Waals surface area contributed by atoms with E-state index >= 15 is 0 Å². The predicted molar refractivity (Wildman–Crippen MR) is 85.8 cm³/mol. The van der Waals surface area contributed by atoms with E-state index in [1.54, 1.807) is 28.8 Å². The number of ether oxygens (including phenoxy) is 1. The fraction of sp³-hybridized carbons (Fsp3) is 0.429. The van der Waals surface area contributed by atoms with Crippen molar-refractivity contribution < 1.29 is 9.53 Å². The molecule has 1 amide bonds. The number of thioether (sulfide) groups is 1. The Hall–Kier alpha value is -1.24. The van der Waals surface area contributed by atoms with Crippen molar-refractivity contribution in [3.8, 4) is 0 Å². The molecular weight excluding hydrogens is 310 g/mol. The molecule has 0 radical (unpaired) electrons. The molecule has 114 valence electrons. The van der Waals surface area contributed by atoms with Crippen LogP contribution in [0.15, 0.2) is 24.3 Å². The molecule has 0 saturated carbocycles. The third-order valence-corrected chi connectivity index (χ3v) is 4.27. The third kappa shape index (κ3) is 4.91. The zero-order chi connectivity index (χ0) is 15.2. The predicted octanol–water partition coefficient (Wildman–Crippen LogP) is 1.74. The van der Waals surface area contributed by atoms with Crippen molar-refractivity contribution in [2.24, 2.45) is 5.73 Å². The van der Waals surface area contributed by atoms with Gasteiger partial charge in [-0.3, -0.25) is 10.2 Å². The van der Waals surface area contributed by atoms with Crippen LogP contribution in [-0.4, -0.2) is 47.5 Å². The van der Waals surface area contributed by atoms with Crippen LogP contribution in [0.25, 0.3) is 0 Å². The summed E-state index contributed by atoms with van der Waals surface area (Å²) in [5.41, 5.74) is 6.71. The normalized spacial score (nSPS) is 15.8. The number of benzene rings is 1.